The van der Waals surface area contributed by atoms with Gasteiger partial charge >= 0.3 is 0 Å². The predicted octanol–water partition coefficient (Wildman–Crippen LogP) is 4.54. The summed E-state index contributed by atoms with van der Waals surface area (Å²) in [4.78, 5) is 1.23. The van der Waals surface area contributed by atoms with E-state index in [9.17, 15) is 0 Å². The Kier molecular flexibility index (Phi) is 3.93. The Balaban J connectivity index is 1.82. The number of fused-ring (bicyclic) bond motifs is 1. The van der Waals surface area contributed by atoms with Gasteiger partial charge in [-0.3, -0.25) is 0 Å². The molecule has 0 aliphatic rings. The minimum absolute atomic E-state index is 0.285. The molecule has 1 atom stereocenters. The molecular formula is C13H15N3S3. The summed E-state index contributed by atoms with van der Waals surface area (Å²) in [5.41, 5.74) is 0. The zero-order valence-corrected chi connectivity index (χ0v) is 13.3. The first kappa shape index (κ1) is 13.2. The molecule has 0 aliphatic carbocycles. The Morgan fingerprint density at radius 3 is 2.95 bits per heavy atom. The van der Waals surface area contributed by atoms with Crippen LogP contribution in [0.15, 0.2) is 17.5 Å². The number of hydrogen-bond donors (Lipinski definition) is 1. The van der Waals surface area contributed by atoms with E-state index in [0.717, 1.165) is 23.0 Å². The van der Waals surface area contributed by atoms with Gasteiger partial charge in [0.1, 0.15) is 5.01 Å². The second-order valence-corrected chi connectivity index (χ2v) is 7.42. The molecule has 0 saturated carbocycles. The van der Waals surface area contributed by atoms with E-state index in [1.807, 2.05) is 0 Å². The van der Waals surface area contributed by atoms with Gasteiger partial charge in [0.15, 0.2) is 5.01 Å². The predicted molar refractivity (Wildman–Crippen MR) is 85.3 cm³/mol. The largest absolute Gasteiger partial charge is 0.308 e. The summed E-state index contributed by atoms with van der Waals surface area (Å²) in [7, 11) is 0. The summed E-state index contributed by atoms with van der Waals surface area (Å²) >= 11 is 5.27. The molecule has 3 aromatic rings. The van der Waals surface area contributed by atoms with Crippen molar-refractivity contribution in [3.8, 4) is 9.88 Å². The quantitative estimate of drug-likeness (QED) is 0.752. The Hall–Kier alpha value is -0.820. The Bertz CT molecular complexity index is 639. The molecule has 0 spiro atoms. The van der Waals surface area contributed by atoms with E-state index >= 15 is 0 Å². The van der Waals surface area contributed by atoms with Gasteiger partial charge in [0, 0.05) is 9.40 Å². The van der Waals surface area contributed by atoms with Crippen molar-refractivity contribution in [1.82, 2.24) is 15.5 Å². The average molecular weight is 309 g/mol. The second kappa shape index (κ2) is 5.66. The van der Waals surface area contributed by atoms with E-state index in [1.54, 1.807) is 34.0 Å². The fourth-order valence-corrected chi connectivity index (χ4v) is 4.85. The van der Waals surface area contributed by atoms with E-state index in [0.29, 0.717) is 0 Å². The Morgan fingerprint density at radius 1 is 1.26 bits per heavy atom. The summed E-state index contributed by atoms with van der Waals surface area (Å²) in [6, 6.07) is 4.67. The fraction of sp³-hybridized carbons (Fsp3) is 0.385. The van der Waals surface area contributed by atoms with E-state index in [2.05, 4.69) is 46.9 Å². The maximum absolute atomic E-state index is 4.33. The third kappa shape index (κ3) is 2.72. The second-order valence-electron chi connectivity index (χ2n) is 4.38. The molecule has 3 heterocycles. The maximum atomic E-state index is 4.33. The average Bonchev–Trinajstić information content (AvgIpc) is 3.08. The van der Waals surface area contributed by atoms with Crippen molar-refractivity contribution in [3.05, 3.63) is 22.5 Å². The highest BCUT2D eigenvalue weighted by Gasteiger charge is 2.14. The van der Waals surface area contributed by atoms with E-state index in [1.165, 1.54) is 14.3 Å². The van der Waals surface area contributed by atoms with E-state index in [4.69, 9.17) is 0 Å². The van der Waals surface area contributed by atoms with Crippen LogP contribution in [0, 0.1) is 0 Å². The molecule has 0 aromatic carbocycles. The van der Waals surface area contributed by atoms with Crippen LogP contribution < -0.4 is 5.32 Å². The minimum atomic E-state index is 0.285. The van der Waals surface area contributed by atoms with E-state index < -0.39 is 0 Å². The van der Waals surface area contributed by atoms with Crippen molar-refractivity contribution in [3.63, 3.8) is 0 Å². The van der Waals surface area contributed by atoms with Crippen LogP contribution in [0.5, 0.6) is 0 Å². The molecule has 0 bridgehead atoms. The number of nitrogens with zero attached hydrogens (tertiary/aromatic N) is 2. The van der Waals surface area contributed by atoms with Gasteiger partial charge in [0.25, 0.3) is 0 Å². The third-order valence-electron chi connectivity index (χ3n) is 2.86. The van der Waals surface area contributed by atoms with Crippen molar-refractivity contribution in [2.75, 3.05) is 6.54 Å². The van der Waals surface area contributed by atoms with Gasteiger partial charge in [-0.2, -0.15) is 0 Å². The molecule has 0 radical (unpaired) electrons. The lowest BCUT2D eigenvalue weighted by molar-refractivity contribution is 0.564. The SMILES string of the molecule is CCCNC(C)c1nnc(-c2cc3sccc3s2)s1. The molecule has 0 saturated heterocycles. The minimum Gasteiger partial charge on any atom is -0.308 e. The Labute approximate surface area is 124 Å². The van der Waals surface area contributed by atoms with Gasteiger partial charge in [-0.25, -0.2) is 0 Å². The molecule has 1 unspecified atom stereocenters. The molecule has 0 amide bonds. The van der Waals surface area contributed by atoms with Crippen LogP contribution in [-0.4, -0.2) is 16.7 Å². The molecule has 3 aromatic heterocycles. The lowest BCUT2D eigenvalue weighted by Gasteiger charge is -2.08. The zero-order chi connectivity index (χ0) is 13.2. The monoisotopic (exact) mass is 309 g/mol. The van der Waals surface area contributed by atoms with Crippen LogP contribution in [0.25, 0.3) is 19.3 Å². The van der Waals surface area contributed by atoms with Crippen molar-refractivity contribution in [2.24, 2.45) is 0 Å². The molecule has 3 nitrogen and oxygen atoms in total. The van der Waals surface area contributed by atoms with Crippen molar-refractivity contribution < 1.29 is 0 Å². The Morgan fingerprint density at radius 2 is 2.16 bits per heavy atom. The lowest BCUT2D eigenvalue weighted by atomic mass is 10.3. The van der Waals surface area contributed by atoms with Gasteiger partial charge in [-0.05, 0) is 37.4 Å². The van der Waals surface area contributed by atoms with Crippen LogP contribution in [0.4, 0.5) is 0 Å². The number of hydrogen-bond acceptors (Lipinski definition) is 6. The van der Waals surface area contributed by atoms with Gasteiger partial charge in [0.05, 0.1) is 10.9 Å². The molecular weight excluding hydrogens is 294 g/mol. The highest BCUT2D eigenvalue weighted by molar-refractivity contribution is 7.30. The van der Waals surface area contributed by atoms with Gasteiger partial charge < -0.3 is 5.32 Å². The highest BCUT2D eigenvalue weighted by atomic mass is 32.1. The number of nitrogens with one attached hydrogen (secondary N) is 1. The first-order valence-corrected chi connectivity index (χ1v) is 8.83. The highest BCUT2D eigenvalue weighted by Crippen LogP contribution is 2.38. The fourth-order valence-electron chi connectivity index (χ4n) is 1.83. The molecule has 0 fully saturated rings. The summed E-state index contributed by atoms with van der Waals surface area (Å²) in [5.74, 6) is 0. The maximum Gasteiger partial charge on any atom is 0.157 e. The summed E-state index contributed by atoms with van der Waals surface area (Å²) in [6.07, 6.45) is 1.14. The number of aromatic nitrogens is 2. The number of rotatable bonds is 5. The first-order chi connectivity index (χ1) is 9.28. The first-order valence-electron chi connectivity index (χ1n) is 6.32. The van der Waals surface area contributed by atoms with Gasteiger partial charge in [-0.1, -0.05) is 18.3 Å². The van der Waals surface area contributed by atoms with Crippen molar-refractivity contribution in [2.45, 2.75) is 26.3 Å². The number of thiophene rings is 2. The molecule has 6 heteroatoms. The topological polar surface area (TPSA) is 37.8 Å². The van der Waals surface area contributed by atoms with Crippen LogP contribution in [-0.2, 0) is 0 Å². The van der Waals surface area contributed by atoms with Crippen molar-refractivity contribution in [1.29, 1.82) is 0 Å². The summed E-state index contributed by atoms with van der Waals surface area (Å²) < 4.78 is 2.68. The third-order valence-corrected chi connectivity index (χ3v) is 6.23. The summed E-state index contributed by atoms with van der Waals surface area (Å²) in [5, 5.41) is 16.3. The normalized spacial score (nSPS) is 13.2. The van der Waals surface area contributed by atoms with Gasteiger partial charge in [-0.15, -0.1) is 32.9 Å². The molecule has 19 heavy (non-hydrogen) atoms. The van der Waals surface area contributed by atoms with Crippen LogP contribution in [0.2, 0.25) is 0 Å². The molecule has 100 valence electrons. The van der Waals surface area contributed by atoms with Crippen LogP contribution in [0.3, 0.4) is 0 Å². The summed E-state index contributed by atoms with van der Waals surface area (Å²) in [6.45, 7) is 5.33. The van der Waals surface area contributed by atoms with E-state index in [-0.39, 0.29) is 6.04 Å². The molecule has 3 rings (SSSR count). The van der Waals surface area contributed by atoms with Crippen molar-refractivity contribution >= 4 is 43.4 Å². The van der Waals surface area contributed by atoms with Crippen LogP contribution in [0.1, 0.15) is 31.3 Å². The molecule has 0 aliphatic heterocycles. The zero-order valence-electron chi connectivity index (χ0n) is 10.8. The molecule has 1 N–H and O–H groups in total. The lowest BCUT2D eigenvalue weighted by Crippen LogP contribution is -2.18. The smallest absolute Gasteiger partial charge is 0.157 e. The standard InChI is InChI=1S/C13H15N3S3/c1-3-5-14-8(2)12-15-16-13(19-12)11-7-10-9(18-11)4-6-17-10/h4,6-8,14H,3,5H2,1-2H3. The van der Waals surface area contributed by atoms with Crippen LogP contribution >= 0.6 is 34.0 Å². The van der Waals surface area contributed by atoms with Gasteiger partial charge in [0.2, 0.25) is 0 Å².